The zero-order valence-electron chi connectivity index (χ0n) is 18.2. The molecule has 2 aliphatic rings. The predicted octanol–water partition coefficient (Wildman–Crippen LogP) is 7.26. The minimum Gasteiger partial charge on any atom is -0.0736 e. The molecule has 0 aromatic heterocycles. The molecule has 2 atom stereocenters. The van der Waals surface area contributed by atoms with E-state index in [2.05, 4.69) is 93.5 Å². The molecule has 2 aliphatic carbocycles. The molecule has 0 N–H and O–H groups in total. The highest BCUT2D eigenvalue weighted by molar-refractivity contribution is 6.94. The maximum atomic E-state index is 3.91. The number of hydrogen-bond donors (Lipinski definition) is 0. The number of allylic oxidation sites excluding steroid dienone is 8. The van der Waals surface area contributed by atoms with Gasteiger partial charge in [0.25, 0.3) is 0 Å². The van der Waals surface area contributed by atoms with Gasteiger partial charge in [-0.25, -0.2) is 0 Å². The summed E-state index contributed by atoms with van der Waals surface area (Å²) in [6.07, 6.45) is 12.8. The fourth-order valence-electron chi connectivity index (χ4n) is 4.48. The van der Waals surface area contributed by atoms with Crippen LogP contribution in [0, 0.1) is 34.8 Å². The lowest BCUT2D eigenvalue weighted by atomic mass is 9.86. The van der Waals surface area contributed by atoms with Crippen LogP contribution in [0.15, 0.2) is 33.7 Å². The lowest BCUT2D eigenvalue weighted by Gasteiger charge is -2.40. The molecule has 0 aliphatic heterocycles. The van der Waals surface area contributed by atoms with E-state index in [1.807, 2.05) is 0 Å². The standard InChI is InChI=1S/C24H38Si/c1-11-25(12-2,21-15-17(3)13-19(21)23(5,6)7)22-16-18(4)14-20(22)24(8,9)10/h13-14,17-18H,11-12H2,1-10H3. The van der Waals surface area contributed by atoms with Gasteiger partial charge in [0.05, 0.1) is 0 Å². The van der Waals surface area contributed by atoms with Crippen molar-refractivity contribution in [2.24, 2.45) is 22.7 Å². The summed E-state index contributed by atoms with van der Waals surface area (Å²) >= 11 is 0. The summed E-state index contributed by atoms with van der Waals surface area (Å²) in [4.78, 5) is 0. The summed E-state index contributed by atoms with van der Waals surface area (Å²) in [5.74, 6) is 0.881. The van der Waals surface area contributed by atoms with Crippen molar-refractivity contribution < 1.29 is 0 Å². The quantitative estimate of drug-likeness (QED) is 0.466. The average Bonchev–Trinajstić information content (AvgIpc) is 3.05. The molecule has 0 spiro atoms. The lowest BCUT2D eigenvalue weighted by Crippen LogP contribution is -2.42. The molecule has 0 aromatic rings. The van der Waals surface area contributed by atoms with Gasteiger partial charge in [0.15, 0.2) is 0 Å². The minimum absolute atomic E-state index is 0.187. The SMILES string of the molecule is CC[Si](CC)(C1=[C]C(C)C=C1C(C)(C)C)C1=[C]C(C)C=C1C(C)(C)C. The number of hydrogen-bond acceptors (Lipinski definition) is 0. The summed E-state index contributed by atoms with van der Waals surface area (Å²) in [5.41, 5.74) is 3.48. The Bertz CT molecular complexity index is 583. The Hall–Kier alpha value is -0.823. The Morgan fingerprint density at radius 2 is 1.08 bits per heavy atom. The molecule has 1 heteroatoms. The van der Waals surface area contributed by atoms with Crippen molar-refractivity contribution in [3.8, 4) is 0 Å². The maximum absolute atomic E-state index is 3.91. The van der Waals surface area contributed by atoms with E-state index in [1.165, 1.54) is 12.1 Å². The summed E-state index contributed by atoms with van der Waals surface area (Å²) in [6.45, 7) is 23.6. The van der Waals surface area contributed by atoms with E-state index < -0.39 is 8.07 Å². The van der Waals surface area contributed by atoms with Gasteiger partial charge in [-0.2, -0.15) is 0 Å². The molecule has 138 valence electrons. The summed E-state index contributed by atoms with van der Waals surface area (Å²) < 4.78 is 0. The fraction of sp³-hybridized carbons (Fsp3) is 0.667. The van der Waals surface area contributed by atoms with E-state index in [0.29, 0.717) is 11.8 Å². The molecule has 2 rings (SSSR count). The van der Waals surface area contributed by atoms with Gasteiger partial charge in [-0.1, -0.05) is 93.5 Å². The van der Waals surface area contributed by atoms with Gasteiger partial charge in [-0.05, 0) is 56.4 Å². The predicted molar refractivity (Wildman–Crippen MR) is 114 cm³/mol. The zero-order chi connectivity index (χ0) is 19.2. The van der Waals surface area contributed by atoms with Crippen LogP contribution in [0.1, 0.15) is 69.2 Å². The Morgan fingerprint density at radius 1 is 0.760 bits per heavy atom. The Labute approximate surface area is 158 Å². The van der Waals surface area contributed by atoms with Gasteiger partial charge >= 0.3 is 0 Å². The summed E-state index contributed by atoms with van der Waals surface area (Å²) in [5, 5.41) is 3.17. The third-order valence-electron chi connectivity index (χ3n) is 5.90. The van der Waals surface area contributed by atoms with Gasteiger partial charge in [0.1, 0.15) is 8.07 Å². The van der Waals surface area contributed by atoms with Crippen LogP contribution in [0.3, 0.4) is 0 Å². The van der Waals surface area contributed by atoms with E-state index in [-0.39, 0.29) is 10.8 Å². The lowest BCUT2D eigenvalue weighted by molar-refractivity contribution is 0.511. The second-order valence-corrected chi connectivity index (χ2v) is 14.6. The van der Waals surface area contributed by atoms with Crippen LogP contribution in [0.4, 0.5) is 0 Å². The number of rotatable bonds is 4. The monoisotopic (exact) mass is 354 g/mol. The van der Waals surface area contributed by atoms with Crippen molar-refractivity contribution >= 4 is 8.07 Å². The minimum atomic E-state index is -1.83. The van der Waals surface area contributed by atoms with Gasteiger partial charge in [0, 0.05) is 0 Å². The molecule has 0 saturated heterocycles. The Morgan fingerprint density at radius 3 is 1.32 bits per heavy atom. The van der Waals surface area contributed by atoms with Crippen LogP contribution in [0.2, 0.25) is 12.1 Å². The van der Waals surface area contributed by atoms with Crippen molar-refractivity contribution in [3.05, 3.63) is 45.8 Å². The molecular formula is C24H38Si. The molecular weight excluding hydrogens is 316 g/mol. The highest BCUT2D eigenvalue weighted by Crippen LogP contribution is 2.51. The van der Waals surface area contributed by atoms with Gasteiger partial charge in [0.2, 0.25) is 0 Å². The highest BCUT2D eigenvalue weighted by atomic mass is 28.3. The van der Waals surface area contributed by atoms with Gasteiger partial charge in [-0.15, -0.1) is 0 Å². The molecule has 0 bridgehead atoms. The first-order valence-corrected chi connectivity index (χ1v) is 12.5. The van der Waals surface area contributed by atoms with E-state index in [9.17, 15) is 0 Å². The first-order valence-electron chi connectivity index (χ1n) is 10.1. The summed E-state index contributed by atoms with van der Waals surface area (Å²) in [7, 11) is -1.83. The molecule has 0 aromatic carbocycles. The van der Waals surface area contributed by atoms with Gasteiger partial charge in [-0.3, -0.25) is 0 Å². The van der Waals surface area contributed by atoms with E-state index in [1.54, 1.807) is 21.5 Å². The van der Waals surface area contributed by atoms with Crippen LogP contribution in [0.5, 0.6) is 0 Å². The molecule has 0 heterocycles. The second kappa shape index (κ2) is 6.72. The van der Waals surface area contributed by atoms with E-state index in [0.717, 1.165) is 0 Å². The van der Waals surface area contributed by atoms with Crippen molar-refractivity contribution in [1.82, 2.24) is 0 Å². The molecule has 0 nitrogen and oxygen atoms in total. The van der Waals surface area contributed by atoms with Crippen molar-refractivity contribution in [2.45, 2.75) is 81.3 Å². The zero-order valence-corrected chi connectivity index (χ0v) is 19.2. The van der Waals surface area contributed by atoms with Crippen molar-refractivity contribution in [1.29, 1.82) is 0 Å². The van der Waals surface area contributed by atoms with Crippen LogP contribution < -0.4 is 0 Å². The second-order valence-electron chi connectivity index (χ2n) is 10.1. The van der Waals surface area contributed by atoms with Crippen LogP contribution >= 0.6 is 0 Å². The molecule has 0 fully saturated rings. The third kappa shape index (κ3) is 3.68. The largest absolute Gasteiger partial charge is 0.119 e. The third-order valence-corrected chi connectivity index (χ3v) is 11.1. The van der Waals surface area contributed by atoms with Crippen molar-refractivity contribution in [2.75, 3.05) is 0 Å². The first-order chi connectivity index (χ1) is 11.4. The van der Waals surface area contributed by atoms with Crippen molar-refractivity contribution in [3.63, 3.8) is 0 Å². The smallest absolute Gasteiger partial charge is 0.0736 e. The summed E-state index contributed by atoms with van der Waals surface area (Å²) in [6, 6.07) is 2.49. The first kappa shape index (κ1) is 20.5. The molecule has 25 heavy (non-hydrogen) atoms. The topological polar surface area (TPSA) is 0 Å². The molecule has 2 unspecified atom stereocenters. The fourth-order valence-corrected chi connectivity index (χ4v) is 9.60. The van der Waals surface area contributed by atoms with E-state index in [4.69, 9.17) is 0 Å². The van der Waals surface area contributed by atoms with Crippen LogP contribution in [0.25, 0.3) is 0 Å². The maximum Gasteiger partial charge on any atom is 0.119 e. The van der Waals surface area contributed by atoms with Crippen LogP contribution in [-0.2, 0) is 0 Å². The van der Waals surface area contributed by atoms with Gasteiger partial charge < -0.3 is 0 Å². The van der Waals surface area contributed by atoms with Crippen LogP contribution in [-0.4, -0.2) is 8.07 Å². The average molecular weight is 355 g/mol. The molecule has 2 radical (unpaired) electrons. The Balaban J connectivity index is 2.65. The molecule has 0 saturated carbocycles. The highest BCUT2D eigenvalue weighted by Gasteiger charge is 2.46. The van der Waals surface area contributed by atoms with E-state index >= 15 is 0 Å². The normalized spacial score (nSPS) is 24.9. The Kier molecular flexibility index (Phi) is 5.51. The molecule has 0 amide bonds.